The first-order valence-corrected chi connectivity index (χ1v) is 15.8. The summed E-state index contributed by atoms with van der Waals surface area (Å²) in [6.07, 6.45) is 2.40. The smallest absolute Gasteiger partial charge is 0.322 e. The maximum atomic E-state index is 13.9. The summed E-state index contributed by atoms with van der Waals surface area (Å²) in [6, 6.07) is 15.8. The average molecular weight is 594 g/mol. The van der Waals surface area contributed by atoms with Gasteiger partial charge in [-0.2, -0.15) is 0 Å². The lowest BCUT2D eigenvalue weighted by Crippen LogP contribution is -2.45. The SMILES string of the molecule is CCCCN(CC(=O)N(CCc1ccc(OC)c(OC)c1)Cc1cccs1)C(=O)Nc1c(C(C)C)cccc1C(C)C. The first-order chi connectivity index (χ1) is 20.2. The van der Waals surface area contributed by atoms with Gasteiger partial charge in [0.2, 0.25) is 5.91 Å². The Labute approximate surface area is 255 Å². The number of nitrogens with one attached hydrogen (secondary N) is 1. The number of anilines is 1. The minimum atomic E-state index is -0.234. The van der Waals surface area contributed by atoms with Crippen LogP contribution in [0.3, 0.4) is 0 Å². The summed E-state index contributed by atoms with van der Waals surface area (Å²) >= 11 is 1.63. The summed E-state index contributed by atoms with van der Waals surface area (Å²) < 4.78 is 10.8. The molecule has 0 saturated carbocycles. The molecular weight excluding hydrogens is 546 g/mol. The quantitative estimate of drug-likeness (QED) is 0.194. The molecule has 0 spiro atoms. The van der Waals surface area contributed by atoms with Crippen LogP contribution >= 0.6 is 11.3 Å². The second-order valence-electron chi connectivity index (χ2n) is 11.2. The molecule has 3 aromatic rings. The number of thiophene rings is 1. The summed E-state index contributed by atoms with van der Waals surface area (Å²) in [7, 11) is 3.23. The number of carbonyl (C=O) groups is 2. The molecule has 7 nitrogen and oxygen atoms in total. The van der Waals surface area contributed by atoms with Gasteiger partial charge in [0, 0.05) is 23.7 Å². The molecule has 3 rings (SSSR count). The fourth-order valence-electron chi connectivity index (χ4n) is 4.93. The Balaban J connectivity index is 1.82. The number of methoxy groups -OCH3 is 2. The molecule has 0 atom stereocenters. The van der Waals surface area contributed by atoms with E-state index >= 15 is 0 Å². The zero-order chi connectivity index (χ0) is 30.6. The van der Waals surface area contributed by atoms with Crippen LogP contribution in [0.5, 0.6) is 11.5 Å². The van der Waals surface area contributed by atoms with Gasteiger partial charge in [-0.25, -0.2) is 4.79 Å². The van der Waals surface area contributed by atoms with Gasteiger partial charge in [0.05, 0.1) is 20.8 Å². The normalized spacial score (nSPS) is 11.1. The number of rotatable bonds is 15. The number of amides is 3. The Kier molecular flexibility index (Phi) is 12.7. The number of hydrogen-bond donors (Lipinski definition) is 1. The molecule has 2 aromatic carbocycles. The highest BCUT2D eigenvalue weighted by Crippen LogP contribution is 2.33. The van der Waals surface area contributed by atoms with E-state index in [9.17, 15) is 9.59 Å². The van der Waals surface area contributed by atoms with E-state index in [2.05, 4.69) is 58.1 Å². The predicted molar refractivity (Wildman–Crippen MR) is 173 cm³/mol. The number of ether oxygens (including phenoxy) is 2. The van der Waals surface area contributed by atoms with E-state index in [-0.39, 0.29) is 30.3 Å². The van der Waals surface area contributed by atoms with Gasteiger partial charge in [-0.1, -0.05) is 71.4 Å². The first-order valence-electron chi connectivity index (χ1n) is 14.9. The third-order valence-corrected chi connectivity index (χ3v) is 8.26. The zero-order valence-electron chi connectivity index (χ0n) is 26.2. The predicted octanol–water partition coefficient (Wildman–Crippen LogP) is 7.92. The number of para-hydroxylation sites is 1. The molecule has 0 fully saturated rings. The topological polar surface area (TPSA) is 71.1 Å². The number of urea groups is 1. The van der Waals surface area contributed by atoms with Gasteiger partial charge in [-0.05, 0) is 64.9 Å². The van der Waals surface area contributed by atoms with Crippen molar-refractivity contribution in [3.05, 3.63) is 75.5 Å². The maximum absolute atomic E-state index is 13.9. The zero-order valence-corrected chi connectivity index (χ0v) is 27.1. The van der Waals surface area contributed by atoms with Crippen molar-refractivity contribution in [2.24, 2.45) is 0 Å². The lowest BCUT2D eigenvalue weighted by Gasteiger charge is -2.29. The minimum Gasteiger partial charge on any atom is -0.493 e. The van der Waals surface area contributed by atoms with Gasteiger partial charge in [0.15, 0.2) is 11.5 Å². The maximum Gasteiger partial charge on any atom is 0.322 e. The van der Waals surface area contributed by atoms with E-state index in [1.54, 1.807) is 30.5 Å². The van der Waals surface area contributed by atoms with Crippen LogP contribution in [0.2, 0.25) is 0 Å². The monoisotopic (exact) mass is 593 g/mol. The molecule has 0 radical (unpaired) electrons. The Bertz CT molecular complexity index is 1260. The summed E-state index contributed by atoms with van der Waals surface area (Å²) in [5.74, 6) is 1.77. The summed E-state index contributed by atoms with van der Waals surface area (Å²) in [5.41, 5.74) is 4.12. The van der Waals surface area contributed by atoms with Crippen molar-refractivity contribution in [3.63, 3.8) is 0 Å². The van der Waals surface area contributed by atoms with Crippen molar-refractivity contribution in [3.8, 4) is 11.5 Å². The molecule has 0 unspecified atom stereocenters. The third kappa shape index (κ3) is 8.99. The van der Waals surface area contributed by atoms with Crippen molar-refractivity contribution in [2.75, 3.05) is 39.2 Å². The molecule has 3 amide bonds. The Hall–Kier alpha value is -3.52. The van der Waals surface area contributed by atoms with Crippen LogP contribution in [0.25, 0.3) is 0 Å². The van der Waals surface area contributed by atoms with Gasteiger partial charge in [0.25, 0.3) is 0 Å². The summed E-state index contributed by atoms with van der Waals surface area (Å²) in [5, 5.41) is 5.23. The van der Waals surface area contributed by atoms with Gasteiger partial charge < -0.3 is 24.6 Å². The minimum absolute atomic E-state index is 0.0179. The van der Waals surface area contributed by atoms with E-state index in [0.717, 1.165) is 40.1 Å². The van der Waals surface area contributed by atoms with E-state index in [1.807, 2.05) is 40.6 Å². The van der Waals surface area contributed by atoms with Gasteiger partial charge >= 0.3 is 6.03 Å². The summed E-state index contributed by atoms with van der Waals surface area (Å²) in [4.78, 5) is 32.3. The lowest BCUT2D eigenvalue weighted by atomic mass is 9.93. The molecule has 8 heteroatoms. The van der Waals surface area contributed by atoms with Crippen molar-refractivity contribution >= 4 is 29.0 Å². The number of carbonyl (C=O) groups excluding carboxylic acids is 2. The molecular formula is C34H47N3O4S. The van der Waals surface area contributed by atoms with Crippen molar-refractivity contribution in [1.29, 1.82) is 0 Å². The largest absolute Gasteiger partial charge is 0.493 e. The van der Waals surface area contributed by atoms with Crippen molar-refractivity contribution < 1.29 is 19.1 Å². The Morgan fingerprint density at radius 3 is 2.14 bits per heavy atom. The second-order valence-corrected chi connectivity index (χ2v) is 12.2. The molecule has 0 bridgehead atoms. The highest BCUT2D eigenvalue weighted by atomic mass is 32.1. The van der Waals surface area contributed by atoms with E-state index in [1.165, 1.54) is 0 Å². The molecule has 42 heavy (non-hydrogen) atoms. The molecule has 0 saturated heterocycles. The van der Waals surface area contributed by atoms with Crippen LogP contribution < -0.4 is 14.8 Å². The van der Waals surface area contributed by atoms with Crippen molar-refractivity contribution in [2.45, 2.75) is 72.3 Å². The molecule has 0 aliphatic heterocycles. The second kappa shape index (κ2) is 16.2. The third-order valence-electron chi connectivity index (χ3n) is 7.40. The number of hydrogen-bond acceptors (Lipinski definition) is 5. The van der Waals surface area contributed by atoms with Crippen LogP contribution in [0, 0.1) is 0 Å². The number of unbranched alkanes of at least 4 members (excludes halogenated alkanes) is 1. The first kappa shape index (κ1) is 33.0. The highest BCUT2D eigenvalue weighted by Gasteiger charge is 2.24. The molecule has 228 valence electrons. The lowest BCUT2D eigenvalue weighted by molar-refractivity contribution is -0.132. The van der Waals surface area contributed by atoms with E-state index in [4.69, 9.17) is 9.47 Å². The van der Waals surface area contributed by atoms with Crippen LogP contribution in [0.4, 0.5) is 10.5 Å². The highest BCUT2D eigenvalue weighted by molar-refractivity contribution is 7.09. The average Bonchev–Trinajstić information content (AvgIpc) is 3.50. The molecule has 0 aliphatic rings. The van der Waals surface area contributed by atoms with Gasteiger partial charge in [-0.15, -0.1) is 11.3 Å². The molecule has 1 aromatic heterocycles. The molecule has 1 heterocycles. The Morgan fingerprint density at radius 2 is 1.57 bits per heavy atom. The van der Waals surface area contributed by atoms with Gasteiger partial charge in [0.1, 0.15) is 6.54 Å². The number of nitrogens with zero attached hydrogens (tertiary/aromatic N) is 2. The van der Waals surface area contributed by atoms with Crippen LogP contribution in [0.1, 0.15) is 80.9 Å². The standard InChI is InChI=1S/C34H47N3O4S/c1-8-9-18-37(34(39)35-33-28(24(2)3)13-10-14-29(33)25(4)5)23-32(38)36(22-27-12-11-20-42-27)19-17-26-15-16-30(40-6)31(21-26)41-7/h10-16,20-21,24-25H,8-9,17-19,22-23H2,1-7H3,(H,35,39). The molecule has 1 N–H and O–H groups in total. The van der Waals surface area contributed by atoms with E-state index < -0.39 is 0 Å². The summed E-state index contributed by atoms with van der Waals surface area (Å²) in [6.45, 7) is 12.2. The Morgan fingerprint density at radius 1 is 0.881 bits per heavy atom. The fourth-order valence-corrected chi connectivity index (χ4v) is 5.65. The van der Waals surface area contributed by atoms with Gasteiger partial charge in [-0.3, -0.25) is 4.79 Å². The van der Waals surface area contributed by atoms with Crippen LogP contribution in [0.15, 0.2) is 53.9 Å². The number of benzene rings is 2. The van der Waals surface area contributed by atoms with Crippen molar-refractivity contribution in [1.82, 2.24) is 9.80 Å². The molecule has 0 aliphatic carbocycles. The fraction of sp³-hybridized carbons (Fsp3) is 0.471. The van der Waals surface area contributed by atoms with Crippen LogP contribution in [-0.2, 0) is 17.8 Å². The van der Waals surface area contributed by atoms with E-state index in [0.29, 0.717) is 37.6 Å². The van der Waals surface area contributed by atoms with Crippen LogP contribution in [-0.4, -0.2) is 55.6 Å².